The second-order valence-electron chi connectivity index (χ2n) is 15.7. The summed E-state index contributed by atoms with van der Waals surface area (Å²) in [6, 6.07) is 33.1. The van der Waals surface area contributed by atoms with Crippen LogP contribution < -0.4 is 33.2 Å². The monoisotopic (exact) mass is 850 g/mol. The zero-order valence-corrected chi connectivity index (χ0v) is 36.8. The Balaban J connectivity index is 1.02. The maximum absolute atomic E-state index is 13.5. The predicted octanol–water partition coefficient (Wildman–Crippen LogP) is 11.5. The highest BCUT2D eigenvalue weighted by Crippen LogP contribution is 2.38. The van der Waals surface area contributed by atoms with Crippen molar-refractivity contribution in [3.63, 3.8) is 0 Å². The third-order valence-corrected chi connectivity index (χ3v) is 9.48. The molecule has 0 saturated carbocycles. The Bertz CT molecular complexity index is 2590. The summed E-state index contributed by atoms with van der Waals surface area (Å²) in [5, 5.41) is 0. The third-order valence-electron chi connectivity index (χ3n) is 9.48. The van der Waals surface area contributed by atoms with Gasteiger partial charge in [-0.1, -0.05) is 30.3 Å². The Hall–Kier alpha value is -7.40. The quantitative estimate of drug-likeness (QED) is 0.0722. The van der Waals surface area contributed by atoms with Crippen molar-refractivity contribution in [2.24, 2.45) is 0 Å². The molecule has 0 N–H and O–H groups in total. The van der Waals surface area contributed by atoms with Gasteiger partial charge in [0.25, 0.3) is 0 Å². The number of aryl methyl sites for hydroxylation is 3. The summed E-state index contributed by atoms with van der Waals surface area (Å²) in [5.74, 6) is 0.00729. The van der Waals surface area contributed by atoms with Crippen LogP contribution in [0.1, 0.15) is 99.7 Å². The summed E-state index contributed by atoms with van der Waals surface area (Å²) in [5.41, 5.74) is 5.78. The number of carbonyl (C=O) groups is 4. The van der Waals surface area contributed by atoms with Gasteiger partial charge in [-0.05, 0) is 169 Å². The summed E-state index contributed by atoms with van der Waals surface area (Å²) in [7, 11) is 0. The number of esters is 4. The molecule has 0 heterocycles. The van der Waals surface area contributed by atoms with Crippen LogP contribution in [0.4, 0.5) is 0 Å². The minimum absolute atomic E-state index is 0.139. The Morgan fingerprint density at radius 3 is 1.10 bits per heavy atom. The maximum atomic E-state index is 13.5. The van der Waals surface area contributed by atoms with Gasteiger partial charge in [-0.2, -0.15) is 0 Å². The topological polar surface area (TPSA) is 133 Å². The van der Waals surface area contributed by atoms with Gasteiger partial charge in [0.15, 0.2) is 11.5 Å². The van der Waals surface area contributed by atoms with E-state index in [-0.39, 0.29) is 46.5 Å². The number of benzene rings is 6. The van der Waals surface area contributed by atoms with Gasteiger partial charge in [0.2, 0.25) is 0 Å². The predicted molar refractivity (Wildman–Crippen MR) is 239 cm³/mol. The van der Waals surface area contributed by atoms with Crippen LogP contribution in [0.15, 0.2) is 121 Å². The lowest BCUT2D eigenvalue weighted by molar-refractivity contribution is 0.0716. The van der Waals surface area contributed by atoms with Crippen LogP contribution in [0.25, 0.3) is 11.1 Å². The highest BCUT2D eigenvalue weighted by Gasteiger charge is 2.23. The summed E-state index contributed by atoms with van der Waals surface area (Å²) in [4.78, 5) is 52.2. The highest BCUT2D eigenvalue weighted by molar-refractivity contribution is 5.96. The van der Waals surface area contributed by atoms with Crippen molar-refractivity contribution in [3.05, 3.63) is 160 Å². The normalized spacial score (nSPS) is 11.0. The number of carbonyl (C=O) groups excluding carboxylic acids is 4. The van der Waals surface area contributed by atoms with Crippen LogP contribution >= 0.6 is 0 Å². The molecule has 0 unspecified atom stereocenters. The highest BCUT2D eigenvalue weighted by atomic mass is 16.6. The van der Waals surface area contributed by atoms with E-state index in [9.17, 15) is 19.2 Å². The van der Waals surface area contributed by atoms with E-state index in [4.69, 9.17) is 33.2 Å². The molecular weight excluding hydrogens is 801 g/mol. The number of ether oxygens (including phenoxy) is 7. The van der Waals surface area contributed by atoms with Gasteiger partial charge in [-0.3, -0.25) is 0 Å². The molecule has 6 aromatic carbocycles. The Morgan fingerprint density at radius 1 is 0.349 bits per heavy atom. The molecule has 11 heteroatoms. The smallest absolute Gasteiger partial charge is 0.347 e. The molecule has 6 aromatic rings. The van der Waals surface area contributed by atoms with Gasteiger partial charge in [0.05, 0.1) is 35.0 Å². The van der Waals surface area contributed by atoms with Crippen molar-refractivity contribution in [1.82, 2.24) is 0 Å². The van der Waals surface area contributed by atoms with Crippen molar-refractivity contribution >= 4 is 23.9 Å². The summed E-state index contributed by atoms with van der Waals surface area (Å²) in [6.07, 6.45) is -0.547. The number of rotatable bonds is 15. The first kappa shape index (κ1) is 45.1. The van der Waals surface area contributed by atoms with Crippen LogP contribution in [-0.2, 0) is 0 Å². The zero-order valence-electron chi connectivity index (χ0n) is 36.8. The van der Waals surface area contributed by atoms with Crippen molar-refractivity contribution in [2.45, 2.75) is 80.6 Å². The van der Waals surface area contributed by atoms with E-state index in [1.54, 1.807) is 60.7 Å². The van der Waals surface area contributed by atoms with E-state index < -0.39 is 23.9 Å². The fraction of sp³-hybridized carbons (Fsp3) is 0.231. The molecule has 0 radical (unpaired) electrons. The molecule has 0 aromatic heterocycles. The molecule has 0 aliphatic rings. The van der Waals surface area contributed by atoms with Gasteiger partial charge in [-0.15, -0.1) is 0 Å². The summed E-state index contributed by atoms with van der Waals surface area (Å²) >= 11 is 0. The van der Waals surface area contributed by atoms with E-state index in [1.165, 1.54) is 36.4 Å². The first-order valence-corrected chi connectivity index (χ1v) is 20.6. The van der Waals surface area contributed by atoms with Gasteiger partial charge < -0.3 is 33.2 Å². The van der Waals surface area contributed by atoms with E-state index >= 15 is 0 Å². The molecule has 63 heavy (non-hydrogen) atoms. The van der Waals surface area contributed by atoms with E-state index in [1.807, 2.05) is 86.6 Å². The SMILES string of the molecule is Cc1cc(C)c(C(=O)Oc2ccc(C(=O)Oc3ccc(-c4ccc(OC(=O)c5ccc(OC(=O)c6cc(OC(C)C)c(OC(C)C)cc6OC(C)C)cc5)cc4)cc3)cc2)cc1C. The molecule has 0 aliphatic carbocycles. The Labute approximate surface area is 367 Å². The first-order chi connectivity index (χ1) is 30.0. The molecular formula is C52H50O11. The molecule has 6 rings (SSSR count). The fourth-order valence-corrected chi connectivity index (χ4v) is 6.33. The van der Waals surface area contributed by atoms with Gasteiger partial charge >= 0.3 is 23.9 Å². The Morgan fingerprint density at radius 2 is 0.683 bits per heavy atom. The third kappa shape index (κ3) is 11.9. The lowest BCUT2D eigenvalue weighted by Crippen LogP contribution is -2.17. The zero-order chi connectivity index (χ0) is 45.4. The van der Waals surface area contributed by atoms with E-state index in [0.29, 0.717) is 34.3 Å². The second kappa shape index (κ2) is 20.0. The standard InChI is InChI=1S/C52H50O11/c1-30(2)57-46-29-48(59-32(5)6)47(58-31(3)4)28-45(46)52(56)63-43-24-16-39(17-25-43)50(54)61-41-20-12-37(13-21-41)36-10-18-40(19-11-36)60-49(53)38-14-22-42(23-15-38)62-51(55)44-27-34(8)33(7)26-35(44)9/h10-32H,1-9H3. The van der Waals surface area contributed by atoms with Crippen LogP contribution in [-0.4, -0.2) is 42.2 Å². The molecule has 0 spiro atoms. The average Bonchev–Trinajstić information content (AvgIpc) is 3.23. The van der Waals surface area contributed by atoms with E-state index in [0.717, 1.165) is 27.8 Å². The van der Waals surface area contributed by atoms with Crippen molar-refractivity contribution in [1.29, 1.82) is 0 Å². The van der Waals surface area contributed by atoms with Crippen molar-refractivity contribution < 1.29 is 52.3 Å². The lowest BCUT2D eigenvalue weighted by atomic mass is 10.0. The molecule has 0 atom stereocenters. The van der Waals surface area contributed by atoms with Gasteiger partial charge in [0, 0.05) is 12.1 Å². The number of hydrogen-bond acceptors (Lipinski definition) is 11. The number of hydrogen-bond donors (Lipinski definition) is 0. The maximum Gasteiger partial charge on any atom is 0.347 e. The molecule has 0 aliphatic heterocycles. The molecule has 324 valence electrons. The minimum atomic E-state index is -0.672. The fourth-order valence-electron chi connectivity index (χ4n) is 6.33. The Kier molecular flexibility index (Phi) is 14.3. The molecule has 11 nitrogen and oxygen atoms in total. The molecule has 0 fully saturated rings. The van der Waals surface area contributed by atoms with Gasteiger partial charge in [-0.25, -0.2) is 19.2 Å². The van der Waals surface area contributed by atoms with Crippen LogP contribution in [0.3, 0.4) is 0 Å². The van der Waals surface area contributed by atoms with Crippen LogP contribution in [0, 0.1) is 20.8 Å². The summed E-state index contributed by atoms with van der Waals surface area (Å²) in [6.45, 7) is 17.0. The molecule has 0 amide bonds. The minimum Gasteiger partial charge on any atom is -0.490 e. The van der Waals surface area contributed by atoms with Crippen LogP contribution in [0.5, 0.6) is 40.2 Å². The molecule has 0 saturated heterocycles. The molecule has 0 bridgehead atoms. The first-order valence-electron chi connectivity index (χ1n) is 20.6. The average molecular weight is 851 g/mol. The van der Waals surface area contributed by atoms with Crippen molar-refractivity contribution in [3.8, 4) is 51.4 Å². The van der Waals surface area contributed by atoms with Crippen molar-refractivity contribution in [2.75, 3.05) is 0 Å². The van der Waals surface area contributed by atoms with Gasteiger partial charge in [0.1, 0.15) is 34.3 Å². The lowest BCUT2D eigenvalue weighted by Gasteiger charge is -2.21. The van der Waals surface area contributed by atoms with E-state index in [2.05, 4.69) is 0 Å². The summed E-state index contributed by atoms with van der Waals surface area (Å²) < 4.78 is 40.3. The van der Waals surface area contributed by atoms with Crippen LogP contribution in [0.2, 0.25) is 0 Å². The second-order valence-corrected chi connectivity index (χ2v) is 15.7. The largest absolute Gasteiger partial charge is 0.490 e.